The molecule has 31 heavy (non-hydrogen) atoms. The third kappa shape index (κ3) is 6.09. The average Bonchev–Trinajstić information content (AvgIpc) is 2.83. The number of aromatic amines is 1. The normalized spacial score (nSPS) is 30.5. The van der Waals surface area contributed by atoms with E-state index in [0.717, 1.165) is 22.9 Å². The van der Waals surface area contributed by atoms with Gasteiger partial charge in [-0.2, -0.15) is 8.62 Å². The number of phosphoric acid groups is 3. The summed E-state index contributed by atoms with van der Waals surface area (Å²) >= 11 is 6.30. The van der Waals surface area contributed by atoms with Gasteiger partial charge in [-0.15, -0.1) is 6.58 Å². The summed E-state index contributed by atoms with van der Waals surface area (Å²) in [6.07, 6.45) is -0.0547. The van der Waals surface area contributed by atoms with Gasteiger partial charge in [0.05, 0.1) is 13.2 Å². The van der Waals surface area contributed by atoms with Crippen LogP contribution in [0.4, 0.5) is 0 Å². The van der Waals surface area contributed by atoms with Crippen LogP contribution >= 0.6 is 35.1 Å². The number of aromatic nitrogens is 2. The fourth-order valence-corrected chi connectivity index (χ4v) is 5.95. The van der Waals surface area contributed by atoms with Gasteiger partial charge in [-0.1, -0.05) is 17.7 Å². The molecular weight excluding hydrogens is 512 g/mol. The summed E-state index contributed by atoms with van der Waals surface area (Å²) in [6, 6.07) is 0.929. The summed E-state index contributed by atoms with van der Waals surface area (Å²) in [6.45, 7) is 1.66. The zero-order chi connectivity index (χ0) is 23.9. The van der Waals surface area contributed by atoms with Gasteiger partial charge in [-0.3, -0.25) is 18.9 Å². The predicted octanol–water partition coefficient (Wildman–Crippen LogP) is -0.913. The van der Waals surface area contributed by atoms with Crippen molar-refractivity contribution in [1.29, 1.82) is 0 Å². The second kappa shape index (κ2) is 8.76. The number of hydrogen-bond acceptors (Lipinski definition) is 10. The minimum atomic E-state index is -5.76. The van der Waals surface area contributed by atoms with Crippen LogP contribution in [0.1, 0.15) is 0 Å². The predicted molar refractivity (Wildman–Crippen MR) is 99.9 cm³/mol. The number of aliphatic hydroxyl groups is 1. The third-order valence-corrected chi connectivity index (χ3v) is 8.14. The van der Waals surface area contributed by atoms with Gasteiger partial charge >= 0.3 is 29.2 Å². The van der Waals surface area contributed by atoms with Gasteiger partial charge in [0, 0.05) is 12.3 Å². The summed E-state index contributed by atoms with van der Waals surface area (Å²) in [4.78, 5) is 58.8. The van der Waals surface area contributed by atoms with Crippen LogP contribution in [0.2, 0.25) is 0 Å². The first-order chi connectivity index (χ1) is 14.0. The van der Waals surface area contributed by atoms with Crippen LogP contribution in [0.15, 0.2) is 34.5 Å². The molecule has 16 nitrogen and oxygen atoms in total. The molecule has 1 aromatic heterocycles. The van der Waals surface area contributed by atoms with Crippen molar-refractivity contribution < 1.29 is 56.3 Å². The van der Waals surface area contributed by atoms with Crippen LogP contribution in [0, 0.1) is 0 Å². The molecule has 0 bridgehead atoms. The van der Waals surface area contributed by atoms with Gasteiger partial charge < -0.3 is 29.4 Å². The van der Waals surface area contributed by atoms with Crippen molar-refractivity contribution in [1.82, 2.24) is 9.55 Å². The zero-order valence-corrected chi connectivity index (χ0v) is 18.4. The van der Waals surface area contributed by atoms with Crippen LogP contribution < -0.4 is 11.2 Å². The molecule has 0 radical (unpaired) electrons. The number of halogens is 1. The lowest BCUT2D eigenvalue weighted by Crippen LogP contribution is -2.53. The van der Waals surface area contributed by atoms with E-state index in [0.29, 0.717) is 0 Å². The standard InChI is InChI=1S/C11H16ClN2O14P3/c1-2-10(5-26-30(21,22)28-31(23,24)27-29(18,19)20)8(16)11(12,6-25-10)14-4-3-7(15)13-9(14)17/h2-4,8,16H,1,5-6H2,(H,21,22)(H,23,24)(H,13,15,17)(H2,18,19,20)/t8-,10-,11+/m1/s1. The Morgan fingerprint density at radius 2 is 1.87 bits per heavy atom. The summed E-state index contributed by atoms with van der Waals surface area (Å²) in [5.74, 6) is 0. The molecule has 6 N–H and O–H groups in total. The van der Waals surface area contributed by atoms with E-state index < -0.39 is 64.6 Å². The Balaban J connectivity index is 2.24. The van der Waals surface area contributed by atoms with E-state index in [1.54, 1.807) is 0 Å². The summed E-state index contributed by atoms with van der Waals surface area (Å²) in [7, 11) is -16.9. The Kier molecular flexibility index (Phi) is 7.43. The first-order valence-corrected chi connectivity index (χ1v) is 12.6. The van der Waals surface area contributed by atoms with Gasteiger partial charge in [0.2, 0.25) is 0 Å². The average molecular weight is 529 g/mol. The van der Waals surface area contributed by atoms with E-state index in [1.807, 2.05) is 4.98 Å². The number of nitrogens with one attached hydrogen (secondary N) is 1. The molecule has 0 amide bonds. The van der Waals surface area contributed by atoms with Crippen LogP contribution in [-0.2, 0) is 36.6 Å². The number of nitrogens with zero attached hydrogens (tertiary/aromatic N) is 1. The van der Waals surface area contributed by atoms with Crippen molar-refractivity contribution in [2.75, 3.05) is 13.2 Å². The molecule has 2 heterocycles. The molecule has 0 aliphatic carbocycles. The maximum absolute atomic E-state index is 12.0. The molecule has 176 valence electrons. The highest BCUT2D eigenvalue weighted by Crippen LogP contribution is 2.66. The molecule has 1 aromatic rings. The van der Waals surface area contributed by atoms with Gasteiger partial charge in [-0.25, -0.2) is 18.5 Å². The van der Waals surface area contributed by atoms with Gasteiger partial charge in [0.1, 0.15) is 11.7 Å². The van der Waals surface area contributed by atoms with Crippen molar-refractivity contribution in [2.45, 2.75) is 16.7 Å². The zero-order valence-electron chi connectivity index (χ0n) is 15.0. The first-order valence-electron chi connectivity index (χ1n) is 7.71. The van der Waals surface area contributed by atoms with Crippen LogP contribution in [-0.4, -0.2) is 59.2 Å². The number of rotatable bonds is 9. The number of alkyl halides is 1. The molecular formula is C11H16ClN2O14P3. The maximum Gasteiger partial charge on any atom is 0.490 e. The summed E-state index contributed by atoms with van der Waals surface area (Å²) < 4.78 is 51.6. The molecule has 2 rings (SSSR count). The summed E-state index contributed by atoms with van der Waals surface area (Å²) in [5.41, 5.74) is -3.85. The lowest BCUT2D eigenvalue weighted by molar-refractivity contribution is -0.0562. The highest BCUT2D eigenvalue weighted by Gasteiger charge is 2.59. The fourth-order valence-electron chi connectivity index (χ4n) is 2.51. The van der Waals surface area contributed by atoms with Crippen molar-refractivity contribution in [3.05, 3.63) is 45.8 Å². The highest BCUT2D eigenvalue weighted by atomic mass is 35.5. The van der Waals surface area contributed by atoms with E-state index in [9.17, 15) is 33.3 Å². The monoisotopic (exact) mass is 528 g/mol. The number of phosphoric ester groups is 1. The molecule has 0 spiro atoms. The van der Waals surface area contributed by atoms with Crippen molar-refractivity contribution in [3.8, 4) is 0 Å². The quantitative estimate of drug-likeness (QED) is 0.129. The Bertz CT molecular complexity index is 1110. The van der Waals surface area contributed by atoms with Crippen LogP contribution in [0.5, 0.6) is 0 Å². The van der Waals surface area contributed by atoms with Crippen molar-refractivity contribution in [3.63, 3.8) is 0 Å². The Hall–Kier alpha value is -0.960. The topological polar surface area (TPSA) is 244 Å². The number of hydrogen-bond donors (Lipinski definition) is 6. The molecule has 1 aliphatic rings. The van der Waals surface area contributed by atoms with Gasteiger partial charge in [-0.05, 0) is 0 Å². The molecule has 0 saturated carbocycles. The third-order valence-electron chi connectivity index (χ3n) is 3.86. The van der Waals surface area contributed by atoms with E-state index in [2.05, 4.69) is 19.7 Å². The van der Waals surface area contributed by atoms with Crippen LogP contribution in [0.25, 0.3) is 0 Å². The largest absolute Gasteiger partial charge is 0.490 e. The number of H-pyrrole nitrogens is 1. The maximum atomic E-state index is 12.0. The Morgan fingerprint density at radius 1 is 1.26 bits per heavy atom. The minimum Gasteiger partial charge on any atom is -0.386 e. The molecule has 5 atom stereocenters. The van der Waals surface area contributed by atoms with E-state index in [4.69, 9.17) is 31.0 Å². The second-order valence-electron chi connectivity index (χ2n) is 6.01. The molecule has 1 saturated heterocycles. The Morgan fingerprint density at radius 3 is 2.39 bits per heavy atom. The van der Waals surface area contributed by atoms with Crippen LogP contribution in [0.3, 0.4) is 0 Å². The minimum absolute atomic E-state index is 0.604. The molecule has 2 unspecified atom stereocenters. The number of ether oxygens (including phenoxy) is 1. The van der Waals surface area contributed by atoms with E-state index >= 15 is 0 Å². The van der Waals surface area contributed by atoms with Crippen molar-refractivity contribution in [2.24, 2.45) is 0 Å². The smallest absolute Gasteiger partial charge is 0.386 e. The second-order valence-corrected chi connectivity index (χ2v) is 11.1. The SMILES string of the molecule is C=C[C@]1(COP(=O)(O)OP(=O)(O)OP(=O)(O)O)OC[C@](Cl)(n2ccc(=O)[nH]c2=O)[C@@H]1O. The molecule has 1 fully saturated rings. The molecule has 0 aromatic carbocycles. The fraction of sp³-hybridized carbons (Fsp3) is 0.455. The molecule has 1 aliphatic heterocycles. The van der Waals surface area contributed by atoms with Crippen molar-refractivity contribution >= 4 is 35.1 Å². The Labute approximate surface area is 177 Å². The van der Waals surface area contributed by atoms with Gasteiger partial charge in [0.25, 0.3) is 5.56 Å². The summed E-state index contributed by atoms with van der Waals surface area (Å²) in [5, 5.41) is 10.7. The lowest BCUT2D eigenvalue weighted by atomic mass is 9.95. The number of aliphatic hydroxyl groups excluding tert-OH is 1. The van der Waals surface area contributed by atoms with Gasteiger partial charge in [0.15, 0.2) is 5.00 Å². The first kappa shape index (κ1) is 26.3. The molecule has 20 heteroatoms. The van der Waals surface area contributed by atoms with E-state index in [1.165, 1.54) is 0 Å². The van der Waals surface area contributed by atoms with E-state index in [-0.39, 0.29) is 0 Å². The highest BCUT2D eigenvalue weighted by molar-refractivity contribution is 7.66. The lowest BCUT2D eigenvalue weighted by Gasteiger charge is -2.33.